The first-order chi connectivity index (χ1) is 8.79. The molecule has 0 heterocycles. The van der Waals surface area contributed by atoms with Crippen molar-refractivity contribution in [1.29, 1.82) is 0 Å². The third-order valence-electron chi connectivity index (χ3n) is 2.83. The molecule has 0 bridgehead atoms. The number of benzene rings is 1. The largest absolute Gasteiger partial charge is 0.459 e. The molecule has 104 valence electrons. The van der Waals surface area contributed by atoms with Gasteiger partial charge in [0.05, 0.1) is 10.6 Å². The molecule has 0 aromatic heterocycles. The van der Waals surface area contributed by atoms with E-state index < -0.39 is 31.3 Å². The van der Waals surface area contributed by atoms with Crippen LogP contribution in [0.4, 0.5) is 4.39 Å². The van der Waals surface area contributed by atoms with Gasteiger partial charge in [-0.1, -0.05) is 11.6 Å². The topological polar surface area (TPSA) is 60.4 Å². The molecule has 0 radical (unpaired) electrons. The van der Waals surface area contributed by atoms with Crippen LogP contribution in [0.5, 0.6) is 0 Å². The molecule has 0 amide bonds. The predicted molar refractivity (Wildman–Crippen MR) is 67.5 cm³/mol. The van der Waals surface area contributed by atoms with E-state index in [1.807, 2.05) is 0 Å². The molecule has 0 saturated heterocycles. The standard InChI is InChI=1S/C11H9Cl2FO4S/c12-8-5-9(14)7(4-10(8)19(13,16)17)11(15)18-6-2-1-3-6/h4-6H,1-3H2. The van der Waals surface area contributed by atoms with Gasteiger partial charge < -0.3 is 4.74 Å². The Balaban J connectivity index is 2.36. The van der Waals surface area contributed by atoms with Crippen molar-refractivity contribution in [3.63, 3.8) is 0 Å². The van der Waals surface area contributed by atoms with E-state index in [9.17, 15) is 17.6 Å². The highest BCUT2D eigenvalue weighted by atomic mass is 35.7. The smallest absolute Gasteiger partial charge is 0.341 e. The zero-order chi connectivity index (χ0) is 14.2. The molecule has 4 nitrogen and oxygen atoms in total. The molecule has 1 aliphatic carbocycles. The summed E-state index contributed by atoms with van der Waals surface area (Å²) in [5.74, 6) is -1.86. The first-order valence-corrected chi connectivity index (χ1v) is 8.12. The number of rotatable bonds is 3. The SMILES string of the molecule is O=C(OC1CCC1)c1cc(S(=O)(=O)Cl)c(Cl)cc1F. The highest BCUT2D eigenvalue weighted by Gasteiger charge is 2.26. The van der Waals surface area contributed by atoms with Gasteiger partial charge in [-0.2, -0.15) is 0 Å². The van der Waals surface area contributed by atoms with Crippen LogP contribution >= 0.6 is 22.3 Å². The van der Waals surface area contributed by atoms with Gasteiger partial charge in [0.1, 0.15) is 16.8 Å². The van der Waals surface area contributed by atoms with Gasteiger partial charge in [0.25, 0.3) is 9.05 Å². The van der Waals surface area contributed by atoms with Gasteiger partial charge in [0.2, 0.25) is 0 Å². The van der Waals surface area contributed by atoms with Gasteiger partial charge in [-0.15, -0.1) is 0 Å². The minimum atomic E-state index is -4.16. The summed E-state index contributed by atoms with van der Waals surface area (Å²) in [4.78, 5) is 11.2. The fourth-order valence-corrected chi connectivity index (χ4v) is 3.08. The van der Waals surface area contributed by atoms with Crippen molar-refractivity contribution < 1.29 is 22.3 Å². The van der Waals surface area contributed by atoms with Gasteiger partial charge in [0.15, 0.2) is 0 Å². The molecule has 0 aliphatic heterocycles. The van der Waals surface area contributed by atoms with Crippen LogP contribution < -0.4 is 0 Å². The second-order valence-corrected chi connectivity index (χ2v) is 7.10. The average Bonchev–Trinajstić information content (AvgIpc) is 2.21. The lowest BCUT2D eigenvalue weighted by atomic mass is 9.96. The van der Waals surface area contributed by atoms with Crippen molar-refractivity contribution in [2.75, 3.05) is 0 Å². The molecule has 0 atom stereocenters. The van der Waals surface area contributed by atoms with Gasteiger partial charge in [-0.3, -0.25) is 0 Å². The van der Waals surface area contributed by atoms with E-state index in [4.69, 9.17) is 27.0 Å². The number of hydrogen-bond acceptors (Lipinski definition) is 4. The molecular weight excluding hydrogens is 318 g/mol. The molecule has 1 aromatic rings. The molecule has 1 fully saturated rings. The molecule has 2 rings (SSSR count). The summed E-state index contributed by atoms with van der Waals surface area (Å²) >= 11 is 5.58. The second kappa shape index (κ2) is 5.26. The first kappa shape index (κ1) is 14.6. The Hall–Kier alpha value is -0.850. The summed E-state index contributed by atoms with van der Waals surface area (Å²) < 4.78 is 41.1. The average molecular weight is 327 g/mol. The van der Waals surface area contributed by atoms with Crippen LogP contribution in [-0.2, 0) is 13.8 Å². The minimum Gasteiger partial charge on any atom is -0.459 e. The zero-order valence-corrected chi connectivity index (χ0v) is 11.9. The lowest BCUT2D eigenvalue weighted by Gasteiger charge is -2.25. The highest BCUT2D eigenvalue weighted by molar-refractivity contribution is 8.13. The lowest BCUT2D eigenvalue weighted by molar-refractivity contribution is 0.00851. The van der Waals surface area contributed by atoms with Crippen LogP contribution in [0, 0.1) is 5.82 Å². The van der Waals surface area contributed by atoms with E-state index >= 15 is 0 Å². The van der Waals surface area contributed by atoms with Crippen molar-refractivity contribution in [3.05, 3.63) is 28.5 Å². The van der Waals surface area contributed by atoms with Crippen molar-refractivity contribution in [2.24, 2.45) is 0 Å². The third-order valence-corrected chi connectivity index (χ3v) is 4.62. The Bertz CT molecular complexity index is 626. The molecular formula is C11H9Cl2FO4S. The number of carbonyl (C=O) groups is 1. The first-order valence-electron chi connectivity index (χ1n) is 5.43. The zero-order valence-electron chi connectivity index (χ0n) is 9.53. The van der Waals surface area contributed by atoms with E-state index in [-0.39, 0.29) is 11.1 Å². The lowest BCUT2D eigenvalue weighted by Crippen LogP contribution is -2.25. The molecule has 19 heavy (non-hydrogen) atoms. The van der Waals surface area contributed by atoms with Crippen LogP contribution in [0.2, 0.25) is 5.02 Å². The third kappa shape index (κ3) is 3.19. The Morgan fingerprint density at radius 3 is 2.47 bits per heavy atom. The number of ether oxygens (including phenoxy) is 1. The maximum atomic E-state index is 13.6. The van der Waals surface area contributed by atoms with E-state index in [1.165, 1.54) is 0 Å². The van der Waals surface area contributed by atoms with Crippen molar-refractivity contribution in [3.8, 4) is 0 Å². The number of hydrogen-bond donors (Lipinski definition) is 0. The fourth-order valence-electron chi connectivity index (χ4n) is 1.58. The number of halogens is 3. The molecule has 8 heteroatoms. The normalized spacial score (nSPS) is 15.9. The van der Waals surface area contributed by atoms with E-state index in [0.29, 0.717) is 0 Å². The molecule has 1 aliphatic rings. The summed E-state index contributed by atoms with van der Waals surface area (Å²) in [6, 6.07) is 1.52. The molecule has 0 N–H and O–H groups in total. The Morgan fingerprint density at radius 1 is 1.37 bits per heavy atom. The quantitative estimate of drug-likeness (QED) is 0.632. The van der Waals surface area contributed by atoms with Crippen LogP contribution in [-0.4, -0.2) is 20.5 Å². The number of esters is 1. The van der Waals surface area contributed by atoms with Gasteiger partial charge >= 0.3 is 5.97 Å². The van der Waals surface area contributed by atoms with Crippen LogP contribution in [0.15, 0.2) is 17.0 Å². The van der Waals surface area contributed by atoms with Gasteiger partial charge in [0, 0.05) is 10.7 Å². The molecule has 0 spiro atoms. The van der Waals surface area contributed by atoms with Crippen LogP contribution in [0.1, 0.15) is 29.6 Å². The maximum absolute atomic E-state index is 13.6. The van der Waals surface area contributed by atoms with Crippen molar-refractivity contribution >= 4 is 37.3 Å². The summed E-state index contributed by atoms with van der Waals surface area (Å²) in [5.41, 5.74) is -0.490. The monoisotopic (exact) mass is 326 g/mol. The maximum Gasteiger partial charge on any atom is 0.341 e. The Kier molecular flexibility index (Phi) is 4.03. The van der Waals surface area contributed by atoms with E-state index in [2.05, 4.69) is 0 Å². The Labute approximate surface area is 118 Å². The summed E-state index contributed by atoms with van der Waals surface area (Å²) in [7, 11) is 0.990. The van der Waals surface area contributed by atoms with Crippen LogP contribution in [0.25, 0.3) is 0 Å². The Morgan fingerprint density at radius 2 is 2.00 bits per heavy atom. The van der Waals surface area contributed by atoms with Gasteiger partial charge in [-0.25, -0.2) is 17.6 Å². The predicted octanol–water partition coefficient (Wildman–Crippen LogP) is 3.12. The highest BCUT2D eigenvalue weighted by Crippen LogP contribution is 2.29. The molecule has 0 unspecified atom stereocenters. The fraction of sp³-hybridized carbons (Fsp3) is 0.364. The summed E-state index contributed by atoms with van der Waals surface area (Å²) in [6.45, 7) is 0. The summed E-state index contributed by atoms with van der Waals surface area (Å²) in [5, 5.41) is -0.382. The van der Waals surface area contributed by atoms with Gasteiger partial charge in [-0.05, 0) is 31.4 Å². The molecule has 1 saturated carbocycles. The second-order valence-electron chi connectivity index (χ2n) is 4.16. The van der Waals surface area contributed by atoms with E-state index in [1.54, 1.807) is 0 Å². The number of carbonyl (C=O) groups excluding carboxylic acids is 1. The summed E-state index contributed by atoms with van der Waals surface area (Å²) in [6.07, 6.45) is 2.16. The van der Waals surface area contributed by atoms with Crippen LogP contribution in [0.3, 0.4) is 0 Å². The van der Waals surface area contributed by atoms with Crippen molar-refractivity contribution in [1.82, 2.24) is 0 Å². The molecule has 1 aromatic carbocycles. The van der Waals surface area contributed by atoms with Crippen molar-refractivity contribution in [2.45, 2.75) is 30.3 Å². The van der Waals surface area contributed by atoms with E-state index in [0.717, 1.165) is 31.4 Å². The minimum absolute atomic E-state index is 0.237.